The molecule has 1 N–H and O–H groups in total. The Morgan fingerprint density at radius 2 is 2.10 bits per heavy atom. The lowest BCUT2D eigenvalue weighted by atomic mass is 10.3. The molecule has 0 radical (unpaired) electrons. The second-order valence-corrected chi connectivity index (χ2v) is 7.48. The van der Waals surface area contributed by atoms with Gasteiger partial charge in [0.1, 0.15) is 5.01 Å². The summed E-state index contributed by atoms with van der Waals surface area (Å²) in [5.41, 5.74) is 1.07. The maximum atomic E-state index is 4.61. The number of nitrogens with one attached hydrogen (secondary N) is 1. The molecule has 3 aromatic rings. The van der Waals surface area contributed by atoms with E-state index in [1.54, 1.807) is 34.4 Å². The highest BCUT2D eigenvalue weighted by molar-refractivity contribution is 8.00. The number of benzene rings is 1. The predicted molar refractivity (Wildman–Crippen MR) is 87.9 cm³/mol. The smallest absolute Gasteiger partial charge is 0.205 e. The van der Waals surface area contributed by atoms with Gasteiger partial charge in [0.2, 0.25) is 5.13 Å². The summed E-state index contributed by atoms with van der Waals surface area (Å²) in [4.78, 5) is 4.61. The van der Waals surface area contributed by atoms with Crippen LogP contribution < -0.4 is 5.32 Å². The summed E-state index contributed by atoms with van der Waals surface area (Å²) in [6.07, 6.45) is 1.09. The Kier molecular flexibility index (Phi) is 4.49. The highest BCUT2D eigenvalue weighted by Crippen LogP contribution is 2.32. The molecule has 0 aliphatic rings. The van der Waals surface area contributed by atoms with Gasteiger partial charge in [-0.15, -0.1) is 21.5 Å². The zero-order valence-electron chi connectivity index (χ0n) is 11.0. The molecule has 4 nitrogen and oxygen atoms in total. The van der Waals surface area contributed by atoms with Crippen LogP contribution in [0.25, 0.3) is 10.2 Å². The third kappa shape index (κ3) is 3.28. The van der Waals surface area contributed by atoms with E-state index in [2.05, 4.69) is 33.5 Å². The summed E-state index contributed by atoms with van der Waals surface area (Å²) in [7, 11) is 0. The molecule has 104 valence electrons. The molecule has 0 aliphatic heterocycles. The van der Waals surface area contributed by atoms with Crippen molar-refractivity contribution in [2.75, 3.05) is 11.9 Å². The van der Waals surface area contributed by atoms with Gasteiger partial charge in [0.15, 0.2) is 4.34 Å². The number of fused-ring (bicyclic) bond motifs is 1. The van der Waals surface area contributed by atoms with Crippen molar-refractivity contribution < 1.29 is 0 Å². The third-order valence-electron chi connectivity index (χ3n) is 2.59. The Morgan fingerprint density at radius 1 is 1.20 bits per heavy atom. The van der Waals surface area contributed by atoms with Crippen LogP contribution in [-0.2, 0) is 5.75 Å². The summed E-state index contributed by atoms with van der Waals surface area (Å²) in [6.45, 7) is 3.08. The van der Waals surface area contributed by atoms with E-state index < -0.39 is 0 Å². The van der Waals surface area contributed by atoms with Crippen molar-refractivity contribution in [3.8, 4) is 0 Å². The lowest BCUT2D eigenvalue weighted by Crippen LogP contribution is -1.98. The van der Waals surface area contributed by atoms with Crippen molar-refractivity contribution in [2.24, 2.45) is 0 Å². The number of anilines is 1. The van der Waals surface area contributed by atoms with E-state index in [9.17, 15) is 0 Å². The minimum atomic E-state index is 0.825. The zero-order chi connectivity index (χ0) is 13.8. The van der Waals surface area contributed by atoms with Crippen LogP contribution in [0.2, 0.25) is 0 Å². The molecule has 2 heterocycles. The average molecular weight is 322 g/mol. The highest BCUT2D eigenvalue weighted by atomic mass is 32.2. The van der Waals surface area contributed by atoms with E-state index in [1.807, 2.05) is 18.2 Å². The lowest BCUT2D eigenvalue weighted by Gasteiger charge is -1.95. The molecule has 0 bridgehead atoms. The number of hydrogen-bond acceptors (Lipinski definition) is 7. The first kappa shape index (κ1) is 13.8. The molecular weight excluding hydrogens is 308 g/mol. The first-order valence-electron chi connectivity index (χ1n) is 6.40. The van der Waals surface area contributed by atoms with Gasteiger partial charge in [-0.2, -0.15) is 0 Å². The molecule has 0 unspecified atom stereocenters. The third-order valence-corrected chi connectivity index (χ3v) is 5.84. The molecule has 20 heavy (non-hydrogen) atoms. The topological polar surface area (TPSA) is 50.7 Å². The summed E-state index contributed by atoms with van der Waals surface area (Å²) in [5.74, 6) is 0.825. The Balaban J connectivity index is 1.62. The van der Waals surface area contributed by atoms with E-state index >= 15 is 0 Å². The van der Waals surface area contributed by atoms with Crippen LogP contribution in [0.3, 0.4) is 0 Å². The molecular formula is C13H14N4S3. The van der Waals surface area contributed by atoms with Crippen molar-refractivity contribution >= 4 is 49.8 Å². The number of thiazole rings is 1. The van der Waals surface area contributed by atoms with Gasteiger partial charge in [0.05, 0.1) is 16.0 Å². The van der Waals surface area contributed by atoms with Crippen LogP contribution in [0.4, 0.5) is 5.13 Å². The molecule has 0 aliphatic carbocycles. The van der Waals surface area contributed by atoms with Crippen molar-refractivity contribution in [3.05, 3.63) is 29.3 Å². The summed E-state index contributed by atoms with van der Waals surface area (Å²) >= 11 is 5.08. The van der Waals surface area contributed by atoms with Crippen LogP contribution in [0, 0.1) is 0 Å². The van der Waals surface area contributed by atoms with Crippen molar-refractivity contribution in [1.29, 1.82) is 0 Å². The molecule has 3 rings (SSSR count). The van der Waals surface area contributed by atoms with Gasteiger partial charge >= 0.3 is 0 Å². The molecule has 2 aromatic heterocycles. The molecule has 0 amide bonds. The SMILES string of the molecule is CCCNc1nnc(CSc2nc3ccccc3s2)s1. The van der Waals surface area contributed by atoms with Gasteiger partial charge in [-0.05, 0) is 18.6 Å². The Morgan fingerprint density at radius 3 is 2.95 bits per heavy atom. The van der Waals surface area contributed by atoms with E-state index in [-0.39, 0.29) is 0 Å². The molecule has 0 saturated carbocycles. The van der Waals surface area contributed by atoms with Gasteiger partial charge in [-0.25, -0.2) is 4.98 Å². The number of hydrogen-bond donors (Lipinski definition) is 1. The lowest BCUT2D eigenvalue weighted by molar-refractivity contribution is 0.958. The second-order valence-electron chi connectivity index (χ2n) is 4.16. The Bertz CT molecular complexity index is 659. The fourth-order valence-corrected chi connectivity index (χ4v) is 4.47. The van der Waals surface area contributed by atoms with Crippen LogP contribution in [0.5, 0.6) is 0 Å². The molecule has 0 spiro atoms. The normalized spacial score (nSPS) is 11.1. The van der Waals surface area contributed by atoms with E-state index in [0.717, 1.165) is 38.7 Å². The fourth-order valence-electron chi connectivity index (χ4n) is 1.65. The molecule has 7 heteroatoms. The zero-order valence-corrected chi connectivity index (χ0v) is 13.4. The maximum absolute atomic E-state index is 4.61. The number of para-hydroxylation sites is 1. The van der Waals surface area contributed by atoms with E-state index in [4.69, 9.17) is 0 Å². The largest absolute Gasteiger partial charge is 0.360 e. The minimum Gasteiger partial charge on any atom is -0.360 e. The Hall–Kier alpha value is -1.18. The number of rotatable bonds is 6. The van der Waals surface area contributed by atoms with Crippen molar-refractivity contribution in [2.45, 2.75) is 23.4 Å². The number of aromatic nitrogens is 3. The highest BCUT2D eigenvalue weighted by Gasteiger charge is 2.07. The first-order chi connectivity index (χ1) is 9.85. The summed E-state index contributed by atoms with van der Waals surface area (Å²) < 4.78 is 2.32. The summed E-state index contributed by atoms with van der Waals surface area (Å²) in [5, 5.41) is 13.5. The van der Waals surface area contributed by atoms with E-state index in [0.29, 0.717) is 0 Å². The van der Waals surface area contributed by atoms with Crippen molar-refractivity contribution in [1.82, 2.24) is 15.2 Å². The van der Waals surface area contributed by atoms with Crippen LogP contribution >= 0.6 is 34.4 Å². The number of thioether (sulfide) groups is 1. The fraction of sp³-hybridized carbons (Fsp3) is 0.308. The van der Waals surface area contributed by atoms with Gasteiger partial charge in [-0.1, -0.05) is 42.2 Å². The van der Waals surface area contributed by atoms with Crippen molar-refractivity contribution in [3.63, 3.8) is 0 Å². The minimum absolute atomic E-state index is 0.825. The molecule has 0 fully saturated rings. The Labute approximate surface area is 129 Å². The van der Waals surface area contributed by atoms with E-state index in [1.165, 1.54) is 4.70 Å². The predicted octanol–water partition coefficient (Wildman–Crippen LogP) is 4.26. The van der Waals surface area contributed by atoms with Gasteiger partial charge in [0.25, 0.3) is 0 Å². The van der Waals surface area contributed by atoms with Gasteiger partial charge in [-0.3, -0.25) is 0 Å². The van der Waals surface area contributed by atoms with Gasteiger partial charge in [0, 0.05) is 6.54 Å². The average Bonchev–Trinajstić information content (AvgIpc) is 3.09. The maximum Gasteiger partial charge on any atom is 0.205 e. The first-order valence-corrected chi connectivity index (χ1v) is 9.01. The quantitative estimate of drug-likeness (QED) is 0.687. The van der Waals surface area contributed by atoms with Crippen LogP contribution in [0.15, 0.2) is 28.6 Å². The second kappa shape index (κ2) is 6.51. The standard InChI is InChI=1S/C13H14N4S3/c1-2-7-14-12-17-16-11(20-12)8-18-13-15-9-5-3-4-6-10(9)19-13/h3-6H,2,7-8H2,1H3,(H,14,17). The monoisotopic (exact) mass is 322 g/mol. The molecule has 1 aromatic carbocycles. The summed E-state index contributed by atoms with van der Waals surface area (Å²) in [6, 6.07) is 8.22. The van der Waals surface area contributed by atoms with Crippen LogP contribution in [0.1, 0.15) is 18.4 Å². The number of nitrogens with zero attached hydrogens (tertiary/aromatic N) is 3. The molecule has 0 atom stereocenters. The van der Waals surface area contributed by atoms with Crippen LogP contribution in [-0.4, -0.2) is 21.7 Å². The molecule has 0 saturated heterocycles. The van der Waals surface area contributed by atoms with Gasteiger partial charge < -0.3 is 5.32 Å².